The van der Waals surface area contributed by atoms with E-state index in [1.54, 1.807) is 18.2 Å². The van der Waals surface area contributed by atoms with Crippen molar-refractivity contribution in [2.24, 2.45) is 0 Å². The van der Waals surface area contributed by atoms with E-state index in [0.29, 0.717) is 18.5 Å². The second-order valence-electron chi connectivity index (χ2n) is 3.22. The van der Waals surface area contributed by atoms with Crippen LogP contribution in [0.3, 0.4) is 0 Å². The number of nitrogens with one attached hydrogen (secondary N) is 1. The van der Waals surface area contributed by atoms with E-state index in [4.69, 9.17) is 0 Å². The van der Waals surface area contributed by atoms with Crippen molar-refractivity contribution in [3.05, 3.63) is 29.8 Å². The normalized spacial score (nSPS) is 10.2. The molecule has 1 aromatic carbocycles. The van der Waals surface area contributed by atoms with E-state index in [1.807, 2.05) is 0 Å². The van der Waals surface area contributed by atoms with Crippen molar-refractivity contribution >= 4 is 5.91 Å². The SMILES string of the molecule is CC(=O)NCCc1ccccc1OC(F)F. The highest BCUT2D eigenvalue weighted by atomic mass is 19.3. The van der Waals surface area contributed by atoms with Crippen LogP contribution in [0.1, 0.15) is 12.5 Å². The third-order valence-corrected chi connectivity index (χ3v) is 1.96. The van der Waals surface area contributed by atoms with E-state index in [1.165, 1.54) is 13.0 Å². The third kappa shape index (κ3) is 4.25. The quantitative estimate of drug-likeness (QED) is 0.838. The predicted octanol–water partition coefficient (Wildman–Crippen LogP) is 1.97. The van der Waals surface area contributed by atoms with E-state index < -0.39 is 6.61 Å². The van der Waals surface area contributed by atoms with Crippen molar-refractivity contribution in [3.63, 3.8) is 0 Å². The molecule has 5 heteroatoms. The smallest absolute Gasteiger partial charge is 0.387 e. The van der Waals surface area contributed by atoms with Gasteiger partial charge in [-0.1, -0.05) is 18.2 Å². The molecule has 0 aromatic heterocycles. The van der Waals surface area contributed by atoms with Crippen molar-refractivity contribution in [1.29, 1.82) is 0 Å². The number of ether oxygens (including phenoxy) is 1. The van der Waals surface area contributed by atoms with Gasteiger partial charge < -0.3 is 10.1 Å². The van der Waals surface area contributed by atoms with Crippen LogP contribution in [0.4, 0.5) is 8.78 Å². The van der Waals surface area contributed by atoms with Crippen LogP contribution in [0.15, 0.2) is 24.3 Å². The summed E-state index contributed by atoms with van der Waals surface area (Å²) in [5, 5.41) is 2.59. The molecule has 0 unspecified atom stereocenters. The first-order valence-electron chi connectivity index (χ1n) is 4.86. The number of hydrogen-bond donors (Lipinski definition) is 1. The van der Waals surface area contributed by atoms with Gasteiger partial charge in [0.15, 0.2) is 0 Å². The molecule has 0 spiro atoms. The molecular formula is C11H13F2NO2. The van der Waals surface area contributed by atoms with Crippen molar-refractivity contribution in [1.82, 2.24) is 5.32 Å². The second kappa shape index (κ2) is 6.05. The van der Waals surface area contributed by atoms with Gasteiger partial charge in [0.25, 0.3) is 0 Å². The largest absolute Gasteiger partial charge is 0.435 e. The number of para-hydroxylation sites is 1. The Kier molecular flexibility index (Phi) is 4.69. The number of hydrogen-bond acceptors (Lipinski definition) is 2. The lowest BCUT2D eigenvalue weighted by molar-refractivity contribution is -0.118. The zero-order valence-corrected chi connectivity index (χ0v) is 8.87. The highest BCUT2D eigenvalue weighted by Gasteiger charge is 2.08. The number of halogens is 2. The fourth-order valence-corrected chi connectivity index (χ4v) is 1.29. The first kappa shape index (κ1) is 12.4. The number of amides is 1. The van der Waals surface area contributed by atoms with Gasteiger partial charge in [0.2, 0.25) is 5.91 Å². The van der Waals surface area contributed by atoms with Crippen molar-refractivity contribution in [2.75, 3.05) is 6.54 Å². The molecule has 0 heterocycles. The summed E-state index contributed by atoms with van der Waals surface area (Å²) in [4.78, 5) is 10.6. The summed E-state index contributed by atoms with van der Waals surface area (Å²) >= 11 is 0. The van der Waals surface area contributed by atoms with Crippen LogP contribution in [-0.4, -0.2) is 19.1 Å². The standard InChI is InChI=1S/C11H13F2NO2/c1-8(15)14-7-6-9-4-2-3-5-10(9)16-11(12)13/h2-5,11H,6-7H2,1H3,(H,14,15). The Balaban J connectivity index is 2.60. The molecule has 1 aromatic rings. The number of carbonyl (C=O) groups is 1. The fourth-order valence-electron chi connectivity index (χ4n) is 1.29. The lowest BCUT2D eigenvalue weighted by Gasteiger charge is -2.10. The molecule has 88 valence electrons. The van der Waals surface area contributed by atoms with Gasteiger partial charge in [-0.15, -0.1) is 0 Å². The van der Waals surface area contributed by atoms with Crippen LogP contribution in [0.25, 0.3) is 0 Å². The minimum Gasteiger partial charge on any atom is -0.435 e. The Hall–Kier alpha value is -1.65. The molecule has 0 bridgehead atoms. The number of alkyl halides is 2. The van der Waals surface area contributed by atoms with E-state index in [0.717, 1.165) is 0 Å². The van der Waals surface area contributed by atoms with Gasteiger partial charge in [-0.25, -0.2) is 0 Å². The van der Waals surface area contributed by atoms with Crippen LogP contribution in [-0.2, 0) is 11.2 Å². The van der Waals surface area contributed by atoms with Crippen LogP contribution >= 0.6 is 0 Å². The van der Waals surface area contributed by atoms with Crippen LogP contribution in [0, 0.1) is 0 Å². The summed E-state index contributed by atoms with van der Waals surface area (Å²) in [7, 11) is 0. The van der Waals surface area contributed by atoms with Crippen molar-refractivity contribution < 1.29 is 18.3 Å². The summed E-state index contributed by atoms with van der Waals surface area (Å²) < 4.78 is 28.5. The van der Waals surface area contributed by atoms with Crippen LogP contribution in [0.2, 0.25) is 0 Å². The minimum atomic E-state index is -2.83. The molecule has 0 fully saturated rings. The Morgan fingerprint density at radius 3 is 2.75 bits per heavy atom. The topological polar surface area (TPSA) is 38.3 Å². The lowest BCUT2D eigenvalue weighted by Crippen LogP contribution is -2.22. The maximum absolute atomic E-state index is 12.1. The van der Waals surface area contributed by atoms with E-state index in [9.17, 15) is 13.6 Å². The molecule has 3 nitrogen and oxygen atoms in total. The molecule has 0 aliphatic heterocycles. The molecule has 0 saturated heterocycles. The van der Waals surface area contributed by atoms with Gasteiger partial charge in [-0.2, -0.15) is 8.78 Å². The Bertz CT molecular complexity index is 356. The summed E-state index contributed by atoms with van der Waals surface area (Å²) in [5.74, 6) is 0.00936. The fraction of sp³-hybridized carbons (Fsp3) is 0.364. The van der Waals surface area contributed by atoms with E-state index >= 15 is 0 Å². The molecule has 1 amide bonds. The number of carbonyl (C=O) groups excluding carboxylic acids is 1. The van der Waals surface area contributed by atoms with Gasteiger partial charge in [0.1, 0.15) is 5.75 Å². The van der Waals surface area contributed by atoms with E-state index in [-0.39, 0.29) is 11.7 Å². The maximum atomic E-state index is 12.1. The maximum Gasteiger partial charge on any atom is 0.387 e. The summed E-state index contributed by atoms with van der Waals surface area (Å²) in [6.45, 7) is -1.03. The van der Waals surface area contributed by atoms with Crippen molar-refractivity contribution in [3.8, 4) is 5.75 Å². The van der Waals surface area contributed by atoms with Crippen LogP contribution in [0.5, 0.6) is 5.75 Å². The first-order chi connectivity index (χ1) is 7.59. The molecule has 1 rings (SSSR count). The molecule has 1 N–H and O–H groups in total. The third-order valence-electron chi connectivity index (χ3n) is 1.96. The zero-order chi connectivity index (χ0) is 12.0. The summed E-state index contributed by atoms with van der Waals surface area (Å²) in [6, 6.07) is 6.54. The van der Waals surface area contributed by atoms with Crippen LogP contribution < -0.4 is 10.1 Å². The first-order valence-corrected chi connectivity index (χ1v) is 4.86. The van der Waals surface area contributed by atoms with Gasteiger partial charge in [0, 0.05) is 13.5 Å². The number of benzene rings is 1. The molecule has 0 atom stereocenters. The molecule has 0 saturated carbocycles. The molecule has 16 heavy (non-hydrogen) atoms. The second-order valence-corrected chi connectivity index (χ2v) is 3.22. The molecule has 0 radical (unpaired) electrons. The summed E-state index contributed by atoms with van der Waals surface area (Å²) in [6.07, 6.45) is 0.461. The van der Waals surface area contributed by atoms with E-state index in [2.05, 4.69) is 10.1 Å². The average molecular weight is 229 g/mol. The molecule has 0 aliphatic rings. The zero-order valence-electron chi connectivity index (χ0n) is 8.87. The predicted molar refractivity (Wildman–Crippen MR) is 55.5 cm³/mol. The Morgan fingerprint density at radius 1 is 1.44 bits per heavy atom. The minimum absolute atomic E-state index is 0.146. The van der Waals surface area contributed by atoms with Gasteiger partial charge in [-0.3, -0.25) is 4.79 Å². The lowest BCUT2D eigenvalue weighted by atomic mass is 10.1. The summed E-state index contributed by atoms with van der Waals surface area (Å²) in [5.41, 5.74) is 0.650. The Labute approximate surface area is 92.4 Å². The molecule has 0 aliphatic carbocycles. The van der Waals surface area contributed by atoms with Gasteiger partial charge in [-0.05, 0) is 18.1 Å². The van der Waals surface area contributed by atoms with Gasteiger partial charge >= 0.3 is 6.61 Å². The van der Waals surface area contributed by atoms with Crippen molar-refractivity contribution in [2.45, 2.75) is 20.0 Å². The molecular weight excluding hydrogens is 216 g/mol. The Morgan fingerprint density at radius 2 is 2.12 bits per heavy atom. The number of rotatable bonds is 5. The highest BCUT2D eigenvalue weighted by Crippen LogP contribution is 2.20. The monoisotopic (exact) mass is 229 g/mol. The van der Waals surface area contributed by atoms with Gasteiger partial charge in [0.05, 0.1) is 0 Å². The average Bonchev–Trinajstić information content (AvgIpc) is 2.19. The highest BCUT2D eigenvalue weighted by molar-refractivity contribution is 5.72.